The molecule has 0 aliphatic carbocycles. The maximum atomic E-state index is 13.0. The average molecular weight is 708 g/mol. The number of nitrogens with one attached hydrogen (secondary N) is 1. The molecule has 2 heterocycles. The van der Waals surface area contributed by atoms with Gasteiger partial charge in [-0.25, -0.2) is 4.98 Å². The molecule has 1 N–H and O–H groups in total. The predicted molar refractivity (Wildman–Crippen MR) is 187 cm³/mol. The first kappa shape index (κ1) is 35.7. The van der Waals surface area contributed by atoms with Gasteiger partial charge in [-0.15, -0.1) is 0 Å². The second-order valence-electron chi connectivity index (χ2n) is 12.3. The van der Waals surface area contributed by atoms with E-state index in [1.165, 1.54) is 12.1 Å². The molecule has 0 amide bonds. The van der Waals surface area contributed by atoms with Crippen molar-refractivity contribution in [2.24, 2.45) is 0 Å². The van der Waals surface area contributed by atoms with Gasteiger partial charge in [-0.2, -0.15) is 13.2 Å². The molecule has 1 aromatic heterocycles. The number of halogens is 3. The fourth-order valence-corrected chi connectivity index (χ4v) is 7.81. The smallest absolute Gasteiger partial charge is 0.416 e. The zero-order chi connectivity index (χ0) is 35.1. The van der Waals surface area contributed by atoms with Gasteiger partial charge in [0.1, 0.15) is 18.5 Å². The van der Waals surface area contributed by atoms with Gasteiger partial charge in [0.05, 0.1) is 36.0 Å². The molecule has 0 radical (unpaired) electrons. The third-order valence-electron chi connectivity index (χ3n) is 8.53. The summed E-state index contributed by atoms with van der Waals surface area (Å²) in [5.41, 5.74) is 4.45. The molecule has 0 atom stereocenters. The van der Waals surface area contributed by atoms with E-state index < -0.39 is 19.3 Å². The van der Waals surface area contributed by atoms with Gasteiger partial charge in [-0.1, -0.05) is 54.6 Å². The van der Waals surface area contributed by atoms with Gasteiger partial charge in [-0.05, 0) is 79.8 Å². The van der Waals surface area contributed by atoms with Crippen LogP contribution in [0.15, 0.2) is 91.0 Å². The second kappa shape index (κ2) is 15.8. The molecule has 5 aromatic rings. The molecular weight excluding hydrogens is 666 g/mol. The van der Waals surface area contributed by atoms with Crippen LogP contribution in [0.25, 0.3) is 22.4 Å². The highest BCUT2D eigenvalue weighted by Gasteiger charge is 2.30. The lowest BCUT2D eigenvalue weighted by molar-refractivity contribution is -0.137. The molecular formula is C38H41F3N3O5P. The fraction of sp³-hybridized carbons (Fsp3) is 0.342. The highest BCUT2D eigenvalue weighted by molar-refractivity contribution is 7.53. The standard InChI is InChI=1S/C38H41F3N3O5P/c1-3-47-50(45,48-4-2)26-29-9-7-8-28(22-29)25-46-35-10-5-6-11-36(35)49-32-18-20-44(21-19-32)24-27-12-17-33-34(23-27)43-37(42-33)30-13-15-31(16-14-30)38(39,40)41/h5-17,22-23,32H,3-4,18-21,24-26H2,1-2H3,(H,42,43). The van der Waals surface area contributed by atoms with Gasteiger partial charge < -0.3 is 23.5 Å². The van der Waals surface area contributed by atoms with E-state index in [1.807, 2.05) is 60.7 Å². The Balaban J connectivity index is 1.01. The Morgan fingerprint density at radius 2 is 1.54 bits per heavy atom. The quantitative estimate of drug-likeness (QED) is 0.115. The summed E-state index contributed by atoms with van der Waals surface area (Å²) in [5, 5.41) is 0. The van der Waals surface area contributed by atoms with Crippen molar-refractivity contribution in [3.8, 4) is 22.9 Å². The lowest BCUT2D eigenvalue weighted by atomic mass is 10.1. The first-order chi connectivity index (χ1) is 24.1. The first-order valence-corrected chi connectivity index (χ1v) is 18.6. The number of piperidine rings is 1. The van der Waals surface area contributed by atoms with Crippen LogP contribution in [0, 0.1) is 0 Å². The van der Waals surface area contributed by atoms with Gasteiger partial charge in [-0.3, -0.25) is 9.46 Å². The molecule has 1 saturated heterocycles. The van der Waals surface area contributed by atoms with Crippen molar-refractivity contribution in [2.75, 3.05) is 26.3 Å². The van der Waals surface area contributed by atoms with Crippen LogP contribution in [0.2, 0.25) is 0 Å². The van der Waals surface area contributed by atoms with Crippen molar-refractivity contribution >= 4 is 18.6 Å². The van der Waals surface area contributed by atoms with E-state index in [9.17, 15) is 17.7 Å². The second-order valence-corrected chi connectivity index (χ2v) is 14.3. The number of imidazole rings is 1. The summed E-state index contributed by atoms with van der Waals surface area (Å²) < 4.78 is 75.5. The van der Waals surface area contributed by atoms with Crippen LogP contribution in [0.5, 0.6) is 11.5 Å². The summed E-state index contributed by atoms with van der Waals surface area (Å²) in [6, 6.07) is 26.5. The summed E-state index contributed by atoms with van der Waals surface area (Å²) >= 11 is 0. The molecule has 12 heteroatoms. The SMILES string of the molecule is CCOP(=O)(Cc1cccc(COc2ccccc2OC2CCN(Cc3ccc4nc(-c5ccc(C(F)(F)F)cc5)[nH]c4c3)CC2)c1)OCC. The van der Waals surface area contributed by atoms with Crippen LogP contribution < -0.4 is 9.47 Å². The first-order valence-electron chi connectivity index (χ1n) is 16.8. The van der Waals surface area contributed by atoms with Crippen molar-refractivity contribution in [1.82, 2.24) is 14.9 Å². The minimum atomic E-state index is -4.37. The van der Waals surface area contributed by atoms with Gasteiger partial charge in [0.15, 0.2) is 11.5 Å². The normalized spacial score (nSPS) is 14.7. The van der Waals surface area contributed by atoms with E-state index in [4.69, 9.17) is 18.5 Å². The van der Waals surface area contributed by atoms with E-state index in [2.05, 4.69) is 20.9 Å². The summed E-state index contributed by atoms with van der Waals surface area (Å²) in [6.45, 7) is 7.06. The van der Waals surface area contributed by atoms with Crippen LogP contribution in [0.3, 0.4) is 0 Å². The monoisotopic (exact) mass is 707 g/mol. The summed E-state index contributed by atoms with van der Waals surface area (Å²) in [7, 11) is -3.21. The Labute approximate surface area is 290 Å². The number of benzene rings is 4. The molecule has 0 bridgehead atoms. The van der Waals surface area contributed by atoms with Crippen molar-refractivity contribution in [3.63, 3.8) is 0 Å². The molecule has 0 unspecified atom stereocenters. The molecule has 50 heavy (non-hydrogen) atoms. The van der Waals surface area contributed by atoms with Gasteiger partial charge >= 0.3 is 13.8 Å². The molecule has 4 aromatic carbocycles. The number of alkyl halides is 3. The van der Waals surface area contributed by atoms with Crippen molar-refractivity contribution in [3.05, 3.63) is 113 Å². The van der Waals surface area contributed by atoms with E-state index in [-0.39, 0.29) is 12.3 Å². The van der Waals surface area contributed by atoms with Crippen molar-refractivity contribution in [1.29, 1.82) is 0 Å². The molecule has 8 nitrogen and oxygen atoms in total. The lowest BCUT2D eigenvalue weighted by Crippen LogP contribution is -2.37. The van der Waals surface area contributed by atoms with Crippen LogP contribution in [0.1, 0.15) is 48.9 Å². The molecule has 1 aliphatic rings. The molecule has 1 fully saturated rings. The fourth-order valence-electron chi connectivity index (χ4n) is 6.12. The summed E-state index contributed by atoms with van der Waals surface area (Å²) in [4.78, 5) is 10.2. The predicted octanol–water partition coefficient (Wildman–Crippen LogP) is 9.64. The molecule has 0 saturated carbocycles. The van der Waals surface area contributed by atoms with Crippen molar-refractivity contribution in [2.45, 2.75) is 58.3 Å². The molecule has 1 aliphatic heterocycles. The number of para-hydroxylation sites is 2. The third-order valence-corrected chi connectivity index (χ3v) is 10.6. The number of fused-ring (bicyclic) bond motifs is 1. The number of hydrogen-bond donors (Lipinski definition) is 1. The highest BCUT2D eigenvalue weighted by atomic mass is 31.2. The molecule has 264 valence electrons. The zero-order valence-electron chi connectivity index (χ0n) is 28.1. The Morgan fingerprint density at radius 3 is 2.24 bits per heavy atom. The molecule has 0 spiro atoms. The number of aromatic amines is 1. The topological polar surface area (TPSA) is 85.9 Å². The Morgan fingerprint density at radius 1 is 0.840 bits per heavy atom. The largest absolute Gasteiger partial charge is 0.486 e. The van der Waals surface area contributed by atoms with Crippen molar-refractivity contribution < 1.29 is 36.3 Å². The summed E-state index contributed by atoms with van der Waals surface area (Å²) in [6.07, 6.45) is -2.40. The maximum Gasteiger partial charge on any atom is 0.416 e. The number of likely N-dealkylation sites (tertiary alicyclic amines) is 1. The lowest BCUT2D eigenvalue weighted by Gasteiger charge is -2.32. The number of hydrogen-bond acceptors (Lipinski definition) is 7. The maximum absolute atomic E-state index is 13.0. The molecule has 6 rings (SSSR count). The Hall–Kier alpha value is -4.15. The van der Waals surface area contributed by atoms with Crippen LogP contribution in [0.4, 0.5) is 13.2 Å². The number of aromatic nitrogens is 2. The highest BCUT2D eigenvalue weighted by Crippen LogP contribution is 2.51. The van der Waals surface area contributed by atoms with Gasteiger partial charge in [0.25, 0.3) is 0 Å². The van der Waals surface area contributed by atoms with Gasteiger partial charge in [0.2, 0.25) is 0 Å². The Kier molecular flexibility index (Phi) is 11.3. The minimum absolute atomic E-state index is 0.0481. The van der Waals surface area contributed by atoms with Crippen LogP contribution in [-0.2, 0) is 39.1 Å². The van der Waals surface area contributed by atoms with E-state index in [1.54, 1.807) is 13.8 Å². The minimum Gasteiger partial charge on any atom is -0.486 e. The Bertz CT molecular complexity index is 1910. The average Bonchev–Trinajstić information content (AvgIpc) is 3.52. The number of ether oxygens (including phenoxy) is 2. The zero-order valence-corrected chi connectivity index (χ0v) is 29.0. The number of H-pyrrole nitrogens is 1. The summed E-state index contributed by atoms with van der Waals surface area (Å²) in [5.74, 6) is 1.90. The van der Waals surface area contributed by atoms with Crippen LogP contribution in [-0.4, -0.2) is 47.3 Å². The number of nitrogens with zero attached hydrogens (tertiary/aromatic N) is 2. The van der Waals surface area contributed by atoms with E-state index in [0.717, 1.165) is 72.3 Å². The van der Waals surface area contributed by atoms with E-state index in [0.29, 0.717) is 42.7 Å². The third kappa shape index (κ3) is 9.14. The van der Waals surface area contributed by atoms with E-state index >= 15 is 0 Å². The number of rotatable bonds is 14. The van der Waals surface area contributed by atoms with Crippen LogP contribution >= 0.6 is 7.60 Å². The van der Waals surface area contributed by atoms with Gasteiger partial charge in [0, 0.05) is 25.2 Å².